The van der Waals surface area contributed by atoms with Crippen molar-refractivity contribution in [3.8, 4) is 39.1 Å². The maximum atomic E-state index is 2.86. The topological polar surface area (TPSA) is 8.17 Å². The van der Waals surface area contributed by atoms with E-state index in [1.54, 1.807) is 11.1 Å². The number of thiophene rings is 1. The van der Waals surface area contributed by atoms with Crippen LogP contribution >= 0.6 is 11.3 Å². The van der Waals surface area contributed by atoms with Crippen molar-refractivity contribution in [1.82, 2.24) is 4.57 Å². The van der Waals surface area contributed by atoms with E-state index >= 15 is 0 Å². The second-order valence-electron chi connectivity index (χ2n) is 26.1. The van der Waals surface area contributed by atoms with E-state index in [1.807, 2.05) is 11.3 Å². The van der Waals surface area contributed by atoms with Crippen LogP contribution in [0.15, 0.2) is 176 Å². The molecule has 0 amide bonds. The van der Waals surface area contributed by atoms with E-state index in [2.05, 4.69) is 185 Å². The van der Waals surface area contributed by atoms with E-state index < -0.39 is 0 Å². The van der Waals surface area contributed by atoms with E-state index in [-0.39, 0.29) is 12.3 Å². The molecule has 0 radical (unpaired) electrons. The van der Waals surface area contributed by atoms with Gasteiger partial charge in [0, 0.05) is 43.2 Å². The Morgan fingerprint density at radius 3 is 1.67 bits per heavy atom. The van der Waals surface area contributed by atoms with Gasteiger partial charge in [-0.3, -0.25) is 0 Å². The van der Waals surface area contributed by atoms with Crippen LogP contribution in [0.5, 0.6) is 0 Å². The summed E-state index contributed by atoms with van der Waals surface area (Å²) in [4.78, 5) is 2.86. The van der Waals surface area contributed by atoms with Crippen LogP contribution in [0.2, 0.25) is 0 Å². The monoisotopic (exact) mass is 994 g/mol. The Morgan fingerprint density at radius 1 is 0.434 bits per heavy atom. The highest BCUT2D eigenvalue weighted by atomic mass is 32.1. The van der Waals surface area contributed by atoms with Crippen LogP contribution in [0.3, 0.4) is 0 Å². The van der Waals surface area contributed by atoms with Crippen LogP contribution in [-0.4, -0.2) is 11.4 Å². The summed E-state index contributed by atoms with van der Waals surface area (Å²) in [6, 6.07) is 69.6. The molecule has 366 valence electrons. The van der Waals surface area contributed by atoms with Gasteiger partial charge in [-0.1, -0.05) is 121 Å². The lowest BCUT2D eigenvalue weighted by Gasteiger charge is -2.57. The van der Waals surface area contributed by atoms with Crippen LogP contribution in [0.25, 0.3) is 91.8 Å². The van der Waals surface area contributed by atoms with E-state index in [0.29, 0.717) is 5.41 Å². The average Bonchev–Trinajstić information content (AvgIpc) is 4.18. The second kappa shape index (κ2) is 15.0. The summed E-state index contributed by atoms with van der Waals surface area (Å²) < 4.78 is 5.53. The molecule has 8 fully saturated rings. The number of aromatic nitrogens is 1. The lowest BCUT2D eigenvalue weighted by Crippen LogP contribution is -2.61. The van der Waals surface area contributed by atoms with Gasteiger partial charge in [-0.2, -0.15) is 0 Å². The zero-order valence-electron chi connectivity index (χ0n) is 43.1. The summed E-state index contributed by atoms with van der Waals surface area (Å²) >= 11 is 2.00. The molecule has 4 heteroatoms. The SMILES string of the molecule is c1ccc(-c2ccc(N3B4c5c(cc(-c6ccccc6)cc5-n5c6ccc(C78CC9CC(CC(C9)C7)C8)cc6c6cc(C78CC9CC(CC(C9)C7)C8)cc4c65)-c4ccc5c(sc6cc7ccccc7cc65)c43)cc2)cc1. The fourth-order valence-corrected chi connectivity index (χ4v) is 20.9. The maximum absolute atomic E-state index is 2.86. The smallest absolute Gasteiger partial charge is 0.333 e. The van der Waals surface area contributed by atoms with Crippen molar-refractivity contribution < 1.29 is 0 Å². The third-order valence-corrected chi connectivity index (χ3v) is 23.0. The molecule has 11 aromatic rings. The lowest BCUT2D eigenvalue weighted by atomic mass is 9.42. The molecule has 8 bridgehead atoms. The largest absolute Gasteiger partial charge is 0.375 e. The molecule has 2 aliphatic heterocycles. The van der Waals surface area contributed by atoms with Crippen molar-refractivity contribution >= 4 is 93.2 Å². The van der Waals surface area contributed by atoms with Gasteiger partial charge in [0.25, 0.3) is 0 Å². The van der Waals surface area contributed by atoms with E-state index in [0.717, 1.165) is 35.5 Å². The quantitative estimate of drug-likeness (QED) is 0.156. The minimum Gasteiger partial charge on any atom is -0.375 e. The number of hydrogen-bond acceptors (Lipinski definition) is 2. The number of anilines is 2. The molecule has 0 N–H and O–H groups in total. The van der Waals surface area contributed by atoms with Crippen LogP contribution in [0.1, 0.15) is 88.2 Å². The number of hydrogen-bond donors (Lipinski definition) is 0. The maximum Gasteiger partial charge on any atom is 0.333 e. The van der Waals surface area contributed by atoms with Gasteiger partial charge in [-0.25, -0.2) is 0 Å². The Bertz CT molecular complexity index is 4240. The van der Waals surface area contributed by atoms with Crippen molar-refractivity contribution in [3.05, 3.63) is 187 Å². The van der Waals surface area contributed by atoms with Gasteiger partial charge in [0.1, 0.15) is 0 Å². The molecule has 2 nitrogen and oxygen atoms in total. The van der Waals surface area contributed by atoms with Gasteiger partial charge >= 0.3 is 6.85 Å². The van der Waals surface area contributed by atoms with Crippen LogP contribution in [0.4, 0.5) is 11.4 Å². The van der Waals surface area contributed by atoms with Gasteiger partial charge in [0.15, 0.2) is 0 Å². The fraction of sp³-hybridized carbons (Fsp3) is 0.278. The Balaban J connectivity index is 0.941. The first-order valence-electron chi connectivity index (χ1n) is 29.2. The minimum atomic E-state index is -0.0458. The Hall–Kier alpha value is -6.88. The first kappa shape index (κ1) is 42.3. The van der Waals surface area contributed by atoms with Gasteiger partial charge < -0.3 is 9.38 Å². The molecular weight excluding hydrogens is 936 g/mol. The number of fused-ring (bicyclic) bond motifs is 12. The highest BCUT2D eigenvalue weighted by molar-refractivity contribution is 7.26. The summed E-state index contributed by atoms with van der Waals surface area (Å²) in [5, 5.41) is 8.31. The normalized spacial score (nSPS) is 27.2. The lowest BCUT2D eigenvalue weighted by molar-refractivity contribution is -0.00526. The third kappa shape index (κ3) is 5.74. The van der Waals surface area contributed by atoms with Gasteiger partial charge in [-0.15, -0.1) is 11.3 Å². The Kier molecular flexibility index (Phi) is 8.33. The highest BCUT2D eigenvalue weighted by Crippen LogP contribution is 2.63. The van der Waals surface area contributed by atoms with Crippen molar-refractivity contribution in [2.24, 2.45) is 35.5 Å². The van der Waals surface area contributed by atoms with Crippen molar-refractivity contribution in [2.45, 2.75) is 87.9 Å². The average molecular weight is 995 g/mol. The Morgan fingerprint density at radius 2 is 1.01 bits per heavy atom. The van der Waals surface area contributed by atoms with Crippen LogP contribution < -0.4 is 15.7 Å². The summed E-state index contributed by atoms with van der Waals surface area (Å²) in [6.45, 7) is -0.0458. The van der Waals surface area contributed by atoms with Crippen LogP contribution in [-0.2, 0) is 10.8 Å². The van der Waals surface area contributed by atoms with Crippen molar-refractivity contribution in [3.63, 3.8) is 0 Å². The molecule has 8 aliphatic carbocycles. The highest BCUT2D eigenvalue weighted by Gasteiger charge is 2.54. The summed E-state index contributed by atoms with van der Waals surface area (Å²) in [7, 11) is 0. The Labute approximate surface area is 449 Å². The van der Waals surface area contributed by atoms with Gasteiger partial charge in [0.05, 0.1) is 21.4 Å². The number of benzene rings is 9. The van der Waals surface area contributed by atoms with Crippen molar-refractivity contribution in [1.29, 1.82) is 0 Å². The zero-order chi connectivity index (χ0) is 49.2. The minimum absolute atomic E-state index is 0.0458. The molecule has 8 saturated carbocycles. The van der Waals surface area contributed by atoms with E-state index in [1.165, 1.54) is 191 Å². The second-order valence-corrected chi connectivity index (χ2v) is 27.1. The van der Waals surface area contributed by atoms with Gasteiger partial charge in [-0.05, 0) is 239 Å². The predicted molar refractivity (Wildman–Crippen MR) is 321 cm³/mol. The zero-order valence-corrected chi connectivity index (χ0v) is 43.9. The molecule has 76 heavy (non-hydrogen) atoms. The molecule has 0 unspecified atom stereocenters. The van der Waals surface area contributed by atoms with Gasteiger partial charge in [0.2, 0.25) is 0 Å². The van der Waals surface area contributed by atoms with E-state index in [4.69, 9.17) is 0 Å². The molecule has 10 aliphatic rings. The molecule has 0 atom stereocenters. The molecule has 2 aromatic heterocycles. The first-order chi connectivity index (χ1) is 37.5. The predicted octanol–water partition coefficient (Wildman–Crippen LogP) is 17.8. The number of rotatable bonds is 5. The molecule has 0 spiro atoms. The standard InChI is InChI=1S/C72H59BN2S/c1-3-9-48(10-4-1)50-15-18-56(19-16-50)75-69-57(20-21-58-60-29-51-13-7-8-14-52(51)32-66(60)76-70(58)69)61-30-53(49-11-5-2-6-12-49)31-65-67(61)73(75)63-35-55(72-39-45-26-46(40-72)28-47(27-45)41-72)34-62-59-33-54(17-22-64(59)74(65)68(62)63)71-36-42-23-43(37-71)25-44(24-42)38-71/h1-22,29-35,42-47H,23-28,36-41H2. The van der Waals surface area contributed by atoms with E-state index in [9.17, 15) is 0 Å². The third-order valence-electron chi connectivity index (χ3n) is 21.8. The molecule has 21 rings (SSSR count). The number of nitrogens with zero attached hydrogens (tertiary/aromatic N) is 2. The molecule has 9 aromatic carbocycles. The van der Waals surface area contributed by atoms with Crippen LogP contribution in [0, 0.1) is 35.5 Å². The molecule has 0 saturated heterocycles. The first-order valence-corrected chi connectivity index (χ1v) is 30.0. The molecular formula is C72H59BN2S. The molecule has 4 heterocycles. The fourth-order valence-electron chi connectivity index (χ4n) is 19.6. The summed E-state index contributed by atoms with van der Waals surface area (Å²) in [5.41, 5.74) is 21.4. The summed E-state index contributed by atoms with van der Waals surface area (Å²) in [6.07, 6.45) is 17.0. The summed E-state index contributed by atoms with van der Waals surface area (Å²) in [5.74, 6) is 5.32. The van der Waals surface area contributed by atoms with Crippen molar-refractivity contribution in [2.75, 3.05) is 4.81 Å².